The van der Waals surface area contributed by atoms with E-state index in [1.807, 2.05) is 6.07 Å². The Morgan fingerprint density at radius 1 is 1.44 bits per heavy atom. The van der Waals surface area contributed by atoms with Crippen LogP contribution in [-0.4, -0.2) is 11.5 Å². The third-order valence-electron chi connectivity index (χ3n) is 3.87. The standard InChI is InChI=1S/C15H20N2O/c1-3-7-15(8-4-9-16-15)14-17-12-10-11(2)5-6-13(12)18-14/h5-6,10,16H,3-4,7-9H2,1-2H3. The molecule has 1 aromatic carbocycles. The molecule has 2 heterocycles. The van der Waals surface area contributed by atoms with Crippen LogP contribution >= 0.6 is 0 Å². The molecule has 0 aliphatic carbocycles. The number of aryl methyl sites for hydroxylation is 1. The van der Waals surface area contributed by atoms with Crippen molar-refractivity contribution in [3.63, 3.8) is 0 Å². The van der Waals surface area contributed by atoms with Gasteiger partial charge < -0.3 is 9.73 Å². The van der Waals surface area contributed by atoms with E-state index in [1.165, 1.54) is 12.0 Å². The third kappa shape index (κ3) is 1.83. The number of nitrogens with zero attached hydrogens (tertiary/aromatic N) is 1. The lowest BCUT2D eigenvalue weighted by Gasteiger charge is -2.25. The lowest BCUT2D eigenvalue weighted by molar-refractivity contribution is 0.279. The van der Waals surface area contributed by atoms with Crippen molar-refractivity contribution >= 4 is 11.1 Å². The molecule has 1 saturated heterocycles. The first-order chi connectivity index (χ1) is 8.73. The van der Waals surface area contributed by atoms with E-state index < -0.39 is 0 Å². The molecule has 0 amide bonds. The molecule has 1 N–H and O–H groups in total. The van der Waals surface area contributed by atoms with E-state index in [0.29, 0.717) is 0 Å². The molecule has 3 heteroatoms. The Kier molecular flexibility index (Phi) is 2.86. The summed E-state index contributed by atoms with van der Waals surface area (Å²) in [6, 6.07) is 6.19. The fraction of sp³-hybridized carbons (Fsp3) is 0.533. The summed E-state index contributed by atoms with van der Waals surface area (Å²) >= 11 is 0. The predicted octanol–water partition coefficient (Wildman–Crippen LogP) is 3.52. The van der Waals surface area contributed by atoms with Crippen molar-refractivity contribution in [2.24, 2.45) is 0 Å². The summed E-state index contributed by atoms with van der Waals surface area (Å²) in [6.07, 6.45) is 4.58. The van der Waals surface area contributed by atoms with Crippen LogP contribution in [0.3, 0.4) is 0 Å². The Morgan fingerprint density at radius 2 is 2.33 bits per heavy atom. The zero-order valence-electron chi connectivity index (χ0n) is 11.1. The van der Waals surface area contributed by atoms with Crippen LogP contribution in [-0.2, 0) is 5.54 Å². The maximum Gasteiger partial charge on any atom is 0.215 e. The van der Waals surface area contributed by atoms with E-state index in [9.17, 15) is 0 Å². The zero-order chi connectivity index (χ0) is 12.6. The van der Waals surface area contributed by atoms with Crippen molar-refractivity contribution in [3.05, 3.63) is 29.7 Å². The normalized spacial score (nSPS) is 23.9. The highest BCUT2D eigenvalue weighted by atomic mass is 16.4. The van der Waals surface area contributed by atoms with E-state index in [1.54, 1.807) is 0 Å². The lowest BCUT2D eigenvalue weighted by Crippen LogP contribution is -2.36. The summed E-state index contributed by atoms with van der Waals surface area (Å²) in [5.74, 6) is 0.877. The van der Waals surface area contributed by atoms with E-state index in [-0.39, 0.29) is 5.54 Å². The van der Waals surface area contributed by atoms with Gasteiger partial charge in [-0.3, -0.25) is 0 Å². The Morgan fingerprint density at radius 3 is 3.06 bits per heavy atom. The fourth-order valence-corrected chi connectivity index (χ4v) is 2.98. The van der Waals surface area contributed by atoms with Crippen LogP contribution in [0, 0.1) is 6.92 Å². The summed E-state index contributed by atoms with van der Waals surface area (Å²) in [5, 5.41) is 3.61. The summed E-state index contributed by atoms with van der Waals surface area (Å²) < 4.78 is 5.99. The fourth-order valence-electron chi connectivity index (χ4n) is 2.98. The van der Waals surface area contributed by atoms with Crippen molar-refractivity contribution in [2.45, 2.75) is 45.1 Å². The smallest absolute Gasteiger partial charge is 0.215 e. The van der Waals surface area contributed by atoms with Crippen LogP contribution in [0.4, 0.5) is 0 Å². The number of nitrogens with one attached hydrogen (secondary N) is 1. The molecule has 0 spiro atoms. The molecule has 1 aliphatic heterocycles. The molecular formula is C15H20N2O. The van der Waals surface area contributed by atoms with Crippen molar-refractivity contribution in [1.29, 1.82) is 0 Å². The molecule has 18 heavy (non-hydrogen) atoms. The molecule has 0 radical (unpaired) electrons. The second kappa shape index (κ2) is 4.39. The van der Waals surface area contributed by atoms with Crippen LogP contribution in [0.1, 0.15) is 44.1 Å². The lowest BCUT2D eigenvalue weighted by atomic mass is 9.92. The van der Waals surface area contributed by atoms with Crippen LogP contribution in [0.2, 0.25) is 0 Å². The molecule has 1 aliphatic rings. The highest BCUT2D eigenvalue weighted by Gasteiger charge is 2.38. The predicted molar refractivity (Wildman–Crippen MR) is 72.6 cm³/mol. The molecule has 0 saturated carbocycles. The van der Waals surface area contributed by atoms with Crippen LogP contribution in [0.25, 0.3) is 11.1 Å². The summed E-state index contributed by atoms with van der Waals surface area (Å²) in [4.78, 5) is 4.72. The van der Waals surface area contributed by atoms with Crippen molar-refractivity contribution in [3.8, 4) is 0 Å². The first-order valence-electron chi connectivity index (χ1n) is 6.86. The minimum Gasteiger partial charge on any atom is -0.439 e. The minimum absolute atomic E-state index is 0.0261. The summed E-state index contributed by atoms with van der Waals surface area (Å²) in [6.45, 7) is 5.37. The number of fused-ring (bicyclic) bond motifs is 1. The first kappa shape index (κ1) is 11.7. The van der Waals surface area contributed by atoms with Gasteiger partial charge in [-0.1, -0.05) is 19.4 Å². The summed E-state index contributed by atoms with van der Waals surface area (Å²) in [5.41, 5.74) is 3.09. The largest absolute Gasteiger partial charge is 0.439 e. The number of hydrogen-bond acceptors (Lipinski definition) is 3. The molecule has 1 unspecified atom stereocenters. The van der Waals surface area contributed by atoms with Crippen LogP contribution < -0.4 is 5.32 Å². The molecule has 1 aromatic heterocycles. The Labute approximate surface area is 108 Å². The maximum atomic E-state index is 5.99. The average molecular weight is 244 g/mol. The number of aromatic nitrogens is 1. The van der Waals surface area contributed by atoms with Gasteiger partial charge in [0, 0.05) is 0 Å². The van der Waals surface area contributed by atoms with Crippen molar-refractivity contribution in [2.75, 3.05) is 6.54 Å². The van der Waals surface area contributed by atoms with Gasteiger partial charge in [-0.05, 0) is 50.4 Å². The number of hydrogen-bond donors (Lipinski definition) is 1. The second-order valence-corrected chi connectivity index (χ2v) is 5.35. The third-order valence-corrected chi connectivity index (χ3v) is 3.87. The first-order valence-corrected chi connectivity index (χ1v) is 6.86. The van der Waals surface area contributed by atoms with Gasteiger partial charge in [-0.2, -0.15) is 0 Å². The molecule has 1 fully saturated rings. The molecule has 1 atom stereocenters. The quantitative estimate of drug-likeness (QED) is 0.897. The van der Waals surface area contributed by atoms with Gasteiger partial charge in [-0.25, -0.2) is 4.98 Å². The minimum atomic E-state index is -0.0261. The van der Waals surface area contributed by atoms with Gasteiger partial charge in [-0.15, -0.1) is 0 Å². The van der Waals surface area contributed by atoms with Crippen molar-refractivity contribution in [1.82, 2.24) is 10.3 Å². The number of rotatable bonds is 3. The monoisotopic (exact) mass is 244 g/mol. The highest BCUT2D eigenvalue weighted by Crippen LogP contribution is 2.36. The molecule has 2 aromatic rings. The van der Waals surface area contributed by atoms with Gasteiger partial charge >= 0.3 is 0 Å². The van der Waals surface area contributed by atoms with Gasteiger partial charge in [0.15, 0.2) is 5.58 Å². The highest BCUT2D eigenvalue weighted by molar-refractivity contribution is 5.73. The topological polar surface area (TPSA) is 38.1 Å². The second-order valence-electron chi connectivity index (χ2n) is 5.35. The average Bonchev–Trinajstić information content (AvgIpc) is 2.95. The Hall–Kier alpha value is -1.35. The molecule has 96 valence electrons. The van der Waals surface area contributed by atoms with E-state index in [0.717, 1.165) is 42.8 Å². The molecular weight excluding hydrogens is 224 g/mol. The van der Waals surface area contributed by atoms with E-state index >= 15 is 0 Å². The SMILES string of the molecule is CCCC1(c2nc3cc(C)ccc3o2)CCCN1. The Balaban J connectivity index is 2.06. The molecule has 0 bridgehead atoms. The van der Waals surface area contributed by atoms with Gasteiger partial charge in [0.25, 0.3) is 0 Å². The van der Waals surface area contributed by atoms with Gasteiger partial charge in [0.1, 0.15) is 5.52 Å². The zero-order valence-corrected chi connectivity index (χ0v) is 11.1. The molecule has 3 nitrogen and oxygen atoms in total. The number of oxazole rings is 1. The number of benzene rings is 1. The van der Waals surface area contributed by atoms with E-state index in [4.69, 9.17) is 9.40 Å². The Bertz CT molecular complexity index is 553. The summed E-state index contributed by atoms with van der Waals surface area (Å²) in [7, 11) is 0. The maximum absolute atomic E-state index is 5.99. The van der Waals surface area contributed by atoms with Crippen LogP contribution in [0.5, 0.6) is 0 Å². The molecule has 3 rings (SSSR count). The van der Waals surface area contributed by atoms with Crippen molar-refractivity contribution < 1.29 is 4.42 Å². The van der Waals surface area contributed by atoms with Gasteiger partial charge in [0.2, 0.25) is 5.89 Å². The van der Waals surface area contributed by atoms with Gasteiger partial charge in [0.05, 0.1) is 5.54 Å². The van der Waals surface area contributed by atoms with E-state index in [2.05, 4.69) is 31.3 Å². The van der Waals surface area contributed by atoms with Crippen LogP contribution in [0.15, 0.2) is 22.6 Å².